The summed E-state index contributed by atoms with van der Waals surface area (Å²) < 4.78 is 6.19. The van der Waals surface area contributed by atoms with Crippen molar-refractivity contribution in [1.29, 1.82) is 0 Å². The van der Waals surface area contributed by atoms with Gasteiger partial charge in [-0.25, -0.2) is 9.36 Å². The van der Waals surface area contributed by atoms with E-state index in [4.69, 9.17) is 4.52 Å². The summed E-state index contributed by atoms with van der Waals surface area (Å²) in [6.07, 6.45) is 1.64. The first-order valence-electron chi connectivity index (χ1n) is 7.17. The maximum Gasteiger partial charge on any atom is 0.442 e. The number of benzene rings is 1. The van der Waals surface area contributed by atoms with Gasteiger partial charge in [0.2, 0.25) is 5.82 Å². The Morgan fingerprint density at radius 2 is 1.88 bits per heavy atom. The predicted octanol–water partition coefficient (Wildman–Crippen LogP) is 2.47. The van der Waals surface area contributed by atoms with E-state index in [9.17, 15) is 4.79 Å². The fraction of sp³-hybridized carbons (Fsp3) is 0.0625. The Morgan fingerprint density at radius 1 is 1.04 bits per heavy atom. The number of rotatable bonds is 4. The largest absolute Gasteiger partial charge is 0.442 e. The van der Waals surface area contributed by atoms with E-state index in [2.05, 4.69) is 20.3 Å². The van der Waals surface area contributed by atoms with Crippen LogP contribution in [0.25, 0.3) is 22.1 Å². The van der Waals surface area contributed by atoms with Crippen LogP contribution in [0.3, 0.4) is 0 Å². The monoisotopic (exact) mass is 337 g/mol. The highest BCUT2D eigenvalue weighted by molar-refractivity contribution is 7.14. The first-order chi connectivity index (χ1) is 11.8. The van der Waals surface area contributed by atoms with Gasteiger partial charge >= 0.3 is 5.76 Å². The highest BCUT2D eigenvalue weighted by atomic mass is 32.1. The fourth-order valence-electron chi connectivity index (χ4n) is 2.24. The lowest BCUT2D eigenvalue weighted by Crippen LogP contribution is -2.16. The summed E-state index contributed by atoms with van der Waals surface area (Å²) in [5.41, 5.74) is 1.56. The lowest BCUT2D eigenvalue weighted by Gasteiger charge is -2.00. The summed E-state index contributed by atoms with van der Waals surface area (Å²) in [5, 5.41) is 13.7. The Kier molecular flexibility index (Phi) is 3.72. The minimum Gasteiger partial charge on any atom is -0.295 e. The van der Waals surface area contributed by atoms with Crippen molar-refractivity contribution in [3.05, 3.63) is 70.3 Å². The van der Waals surface area contributed by atoms with E-state index in [-0.39, 0.29) is 6.54 Å². The second kappa shape index (κ2) is 6.17. The maximum atomic E-state index is 12.0. The van der Waals surface area contributed by atoms with E-state index in [1.807, 2.05) is 36.4 Å². The topological polar surface area (TPSA) is 86.7 Å². The molecule has 0 saturated carbocycles. The third-order valence-electron chi connectivity index (χ3n) is 3.36. The molecule has 7 nitrogen and oxygen atoms in total. The van der Waals surface area contributed by atoms with Crippen LogP contribution in [0, 0.1) is 0 Å². The fourth-order valence-corrected chi connectivity index (χ4v) is 3.07. The molecule has 0 aliphatic heterocycles. The van der Waals surface area contributed by atoms with Crippen LogP contribution < -0.4 is 5.76 Å². The van der Waals surface area contributed by atoms with Crippen LogP contribution in [0.2, 0.25) is 0 Å². The van der Waals surface area contributed by atoms with Gasteiger partial charge in [0.1, 0.15) is 15.7 Å². The molecule has 0 spiro atoms. The van der Waals surface area contributed by atoms with Crippen molar-refractivity contribution in [3.63, 3.8) is 0 Å². The molecule has 24 heavy (non-hydrogen) atoms. The van der Waals surface area contributed by atoms with Gasteiger partial charge in [-0.15, -0.1) is 10.2 Å². The van der Waals surface area contributed by atoms with Crippen molar-refractivity contribution in [2.45, 2.75) is 6.54 Å². The molecule has 0 radical (unpaired) electrons. The number of hydrogen-bond donors (Lipinski definition) is 0. The standard InChI is InChI=1S/C16H11N5O2S/c22-16-21(14(20-23-16)12-8-4-5-9-17-12)10-13-18-19-15(24-13)11-6-2-1-3-7-11/h1-9H,10H2. The Labute approximate surface area is 140 Å². The maximum absolute atomic E-state index is 12.0. The number of pyridine rings is 1. The lowest BCUT2D eigenvalue weighted by molar-refractivity contribution is 0.378. The average Bonchev–Trinajstić information content (AvgIpc) is 3.25. The first-order valence-corrected chi connectivity index (χ1v) is 7.98. The summed E-state index contributed by atoms with van der Waals surface area (Å²) >= 11 is 1.43. The smallest absolute Gasteiger partial charge is 0.295 e. The average molecular weight is 337 g/mol. The highest BCUT2D eigenvalue weighted by Gasteiger charge is 2.16. The molecule has 0 atom stereocenters. The summed E-state index contributed by atoms with van der Waals surface area (Å²) in [6.45, 7) is 0.235. The predicted molar refractivity (Wildman–Crippen MR) is 88.4 cm³/mol. The van der Waals surface area contributed by atoms with Crippen molar-refractivity contribution in [2.24, 2.45) is 0 Å². The minimum absolute atomic E-state index is 0.235. The van der Waals surface area contributed by atoms with Gasteiger partial charge < -0.3 is 0 Å². The third-order valence-corrected chi connectivity index (χ3v) is 4.32. The number of hydrogen-bond acceptors (Lipinski definition) is 7. The number of nitrogens with zero attached hydrogens (tertiary/aromatic N) is 5. The van der Waals surface area contributed by atoms with Gasteiger partial charge in [0, 0.05) is 11.8 Å². The normalized spacial score (nSPS) is 10.8. The molecular formula is C16H11N5O2S. The van der Waals surface area contributed by atoms with Gasteiger partial charge in [-0.3, -0.25) is 9.51 Å². The molecule has 0 saturated heterocycles. The van der Waals surface area contributed by atoms with Crippen molar-refractivity contribution >= 4 is 11.3 Å². The second-order valence-electron chi connectivity index (χ2n) is 4.94. The molecule has 0 amide bonds. The van der Waals surface area contributed by atoms with Crippen LogP contribution in [-0.4, -0.2) is 24.9 Å². The zero-order valence-corrected chi connectivity index (χ0v) is 13.2. The Morgan fingerprint density at radius 3 is 2.67 bits per heavy atom. The molecule has 118 valence electrons. The summed E-state index contributed by atoms with van der Waals surface area (Å²) in [6, 6.07) is 15.2. The summed E-state index contributed by atoms with van der Waals surface area (Å²) in [5.74, 6) is -0.177. The quantitative estimate of drug-likeness (QED) is 0.568. The Hall–Kier alpha value is -3.13. The van der Waals surface area contributed by atoms with Crippen LogP contribution in [0.1, 0.15) is 5.01 Å². The molecule has 1 aromatic carbocycles. The molecule has 0 fully saturated rings. The molecule has 0 aliphatic carbocycles. The van der Waals surface area contributed by atoms with Crippen molar-refractivity contribution in [2.75, 3.05) is 0 Å². The summed E-state index contributed by atoms with van der Waals surface area (Å²) in [4.78, 5) is 16.2. The van der Waals surface area contributed by atoms with Crippen molar-refractivity contribution in [3.8, 4) is 22.1 Å². The van der Waals surface area contributed by atoms with E-state index < -0.39 is 5.76 Å². The van der Waals surface area contributed by atoms with Gasteiger partial charge in [0.25, 0.3) is 0 Å². The van der Waals surface area contributed by atoms with E-state index >= 15 is 0 Å². The minimum atomic E-state index is -0.549. The highest BCUT2D eigenvalue weighted by Crippen LogP contribution is 2.24. The molecule has 3 aromatic heterocycles. The molecule has 8 heteroatoms. The van der Waals surface area contributed by atoms with Gasteiger partial charge in [-0.05, 0) is 12.1 Å². The van der Waals surface area contributed by atoms with Gasteiger partial charge in [0.15, 0.2) is 0 Å². The van der Waals surface area contributed by atoms with Crippen molar-refractivity contribution < 1.29 is 4.52 Å². The van der Waals surface area contributed by atoms with Crippen LogP contribution in [0.5, 0.6) is 0 Å². The van der Waals surface area contributed by atoms with E-state index in [1.54, 1.807) is 18.3 Å². The Bertz CT molecular complexity index is 1010. The number of aromatic nitrogens is 5. The Balaban J connectivity index is 1.67. The molecule has 4 rings (SSSR count). The van der Waals surface area contributed by atoms with Gasteiger partial charge in [0.05, 0.1) is 6.54 Å². The molecule has 0 aliphatic rings. The molecule has 4 aromatic rings. The van der Waals surface area contributed by atoms with Crippen molar-refractivity contribution in [1.82, 2.24) is 24.9 Å². The first kappa shape index (κ1) is 14.5. The van der Waals surface area contributed by atoms with E-state index in [1.165, 1.54) is 15.9 Å². The van der Waals surface area contributed by atoms with Crippen LogP contribution in [-0.2, 0) is 6.54 Å². The molecular weight excluding hydrogens is 326 g/mol. The SMILES string of the molecule is O=c1onc(-c2ccccn2)n1Cc1nnc(-c2ccccc2)s1. The molecule has 0 bridgehead atoms. The molecule has 0 N–H and O–H groups in total. The van der Waals surface area contributed by atoms with Crippen LogP contribution in [0.15, 0.2) is 64.0 Å². The molecule has 3 heterocycles. The van der Waals surface area contributed by atoms with E-state index in [0.717, 1.165) is 10.6 Å². The van der Waals surface area contributed by atoms with Gasteiger partial charge in [-0.1, -0.05) is 52.9 Å². The summed E-state index contributed by atoms with van der Waals surface area (Å²) in [7, 11) is 0. The zero-order chi connectivity index (χ0) is 16.4. The van der Waals surface area contributed by atoms with Crippen LogP contribution in [0.4, 0.5) is 0 Å². The zero-order valence-electron chi connectivity index (χ0n) is 12.4. The molecule has 0 unspecified atom stereocenters. The second-order valence-corrected chi connectivity index (χ2v) is 6.00. The lowest BCUT2D eigenvalue weighted by atomic mass is 10.2. The van der Waals surface area contributed by atoms with E-state index in [0.29, 0.717) is 16.5 Å². The van der Waals surface area contributed by atoms with Crippen LogP contribution >= 0.6 is 11.3 Å². The van der Waals surface area contributed by atoms with Gasteiger partial charge in [-0.2, -0.15) is 0 Å². The third kappa shape index (κ3) is 2.74.